The van der Waals surface area contributed by atoms with Gasteiger partial charge in [0.2, 0.25) is 0 Å². The Labute approximate surface area is 80.8 Å². The molecular formula is C10H11FO3. The SMILES string of the molecule is CC(C)C(=O)c1cc(F)cc(O)c1O. The van der Waals surface area contributed by atoms with Crippen molar-refractivity contribution in [2.24, 2.45) is 5.92 Å². The van der Waals surface area contributed by atoms with E-state index in [1.54, 1.807) is 13.8 Å². The van der Waals surface area contributed by atoms with Crippen LogP contribution in [0.25, 0.3) is 0 Å². The van der Waals surface area contributed by atoms with Gasteiger partial charge in [-0.3, -0.25) is 4.79 Å². The van der Waals surface area contributed by atoms with Crippen molar-refractivity contribution < 1.29 is 19.4 Å². The molecule has 1 aromatic carbocycles. The van der Waals surface area contributed by atoms with Crippen LogP contribution in [0.5, 0.6) is 11.5 Å². The number of phenolic OH excluding ortho intramolecular Hbond substituents is 2. The molecule has 0 saturated heterocycles. The lowest BCUT2D eigenvalue weighted by Gasteiger charge is -2.07. The number of carbonyl (C=O) groups is 1. The summed E-state index contributed by atoms with van der Waals surface area (Å²) < 4.78 is 12.8. The number of halogens is 1. The molecule has 0 aliphatic rings. The number of rotatable bonds is 2. The van der Waals surface area contributed by atoms with Gasteiger partial charge in [0.1, 0.15) is 5.82 Å². The molecule has 0 aliphatic heterocycles. The minimum absolute atomic E-state index is 0.183. The Hall–Kier alpha value is -1.58. The van der Waals surface area contributed by atoms with Gasteiger partial charge in [-0.05, 0) is 6.07 Å². The van der Waals surface area contributed by atoms with Crippen LogP contribution in [0.2, 0.25) is 0 Å². The first-order valence-corrected chi connectivity index (χ1v) is 4.19. The third-order valence-electron chi connectivity index (χ3n) is 1.84. The van der Waals surface area contributed by atoms with Crippen molar-refractivity contribution in [2.75, 3.05) is 0 Å². The maximum absolute atomic E-state index is 12.8. The molecule has 0 amide bonds. The van der Waals surface area contributed by atoms with Crippen LogP contribution in [-0.4, -0.2) is 16.0 Å². The average Bonchev–Trinajstić information content (AvgIpc) is 2.09. The molecule has 2 N–H and O–H groups in total. The van der Waals surface area contributed by atoms with Crippen LogP contribution in [0.3, 0.4) is 0 Å². The van der Waals surface area contributed by atoms with Crippen LogP contribution < -0.4 is 0 Å². The van der Waals surface area contributed by atoms with Gasteiger partial charge < -0.3 is 10.2 Å². The van der Waals surface area contributed by atoms with Gasteiger partial charge in [0.15, 0.2) is 17.3 Å². The molecule has 0 aliphatic carbocycles. The van der Waals surface area contributed by atoms with E-state index in [0.29, 0.717) is 0 Å². The summed E-state index contributed by atoms with van der Waals surface area (Å²) in [5.74, 6) is -2.69. The molecule has 0 heterocycles. The minimum Gasteiger partial charge on any atom is -0.504 e. The lowest BCUT2D eigenvalue weighted by Crippen LogP contribution is -2.08. The standard InChI is InChI=1S/C10H11FO3/c1-5(2)9(13)7-3-6(11)4-8(12)10(7)14/h3-5,12,14H,1-2H3. The van der Waals surface area contributed by atoms with E-state index in [2.05, 4.69) is 0 Å². The van der Waals surface area contributed by atoms with Gasteiger partial charge >= 0.3 is 0 Å². The fourth-order valence-electron chi connectivity index (χ4n) is 1.08. The maximum Gasteiger partial charge on any atom is 0.169 e. The molecule has 14 heavy (non-hydrogen) atoms. The normalized spacial score (nSPS) is 10.6. The fraction of sp³-hybridized carbons (Fsp3) is 0.300. The third-order valence-corrected chi connectivity index (χ3v) is 1.84. The van der Waals surface area contributed by atoms with E-state index in [4.69, 9.17) is 5.11 Å². The second-order valence-corrected chi connectivity index (χ2v) is 3.34. The summed E-state index contributed by atoms with van der Waals surface area (Å²) in [6.45, 7) is 3.26. The first-order valence-electron chi connectivity index (χ1n) is 4.19. The molecule has 0 unspecified atom stereocenters. The van der Waals surface area contributed by atoms with Crippen molar-refractivity contribution in [1.29, 1.82) is 0 Å². The summed E-state index contributed by atoms with van der Waals surface area (Å²) in [6, 6.07) is 1.67. The number of carbonyl (C=O) groups excluding carboxylic acids is 1. The van der Waals surface area contributed by atoms with Crippen molar-refractivity contribution in [3.8, 4) is 11.5 Å². The predicted molar refractivity (Wildman–Crippen MR) is 48.9 cm³/mol. The summed E-state index contributed by atoms with van der Waals surface area (Å²) in [4.78, 5) is 11.4. The molecule has 0 radical (unpaired) electrons. The summed E-state index contributed by atoms with van der Waals surface area (Å²) in [5, 5.41) is 18.4. The molecule has 1 aromatic rings. The number of hydrogen-bond acceptors (Lipinski definition) is 3. The van der Waals surface area contributed by atoms with E-state index in [1.807, 2.05) is 0 Å². The highest BCUT2D eigenvalue weighted by Gasteiger charge is 2.18. The van der Waals surface area contributed by atoms with Gasteiger partial charge in [0.05, 0.1) is 5.56 Å². The molecular weight excluding hydrogens is 187 g/mol. The largest absolute Gasteiger partial charge is 0.504 e. The highest BCUT2D eigenvalue weighted by Crippen LogP contribution is 2.31. The van der Waals surface area contributed by atoms with E-state index >= 15 is 0 Å². The number of Topliss-reactive ketones (excluding diaryl/α,β-unsaturated/α-hetero) is 1. The van der Waals surface area contributed by atoms with Gasteiger partial charge in [-0.15, -0.1) is 0 Å². The number of phenols is 2. The molecule has 76 valence electrons. The Morgan fingerprint density at radius 3 is 2.43 bits per heavy atom. The zero-order chi connectivity index (χ0) is 10.9. The number of hydrogen-bond donors (Lipinski definition) is 2. The highest BCUT2D eigenvalue weighted by molar-refractivity contribution is 6.00. The molecule has 0 atom stereocenters. The van der Waals surface area contributed by atoms with Crippen LogP contribution in [-0.2, 0) is 0 Å². The Morgan fingerprint density at radius 1 is 1.36 bits per heavy atom. The Balaban J connectivity index is 3.27. The number of benzene rings is 1. The minimum atomic E-state index is -0.746. The lowest BCUT2D eigenvalue weighted by atomic mass is 10.00. The molecule has 0 fully saturated rings. The Morgan fingerprint density at radius 2 is 1.93 bits per heavy atom. The smallest absolute Gasteiger partial charge is 0.169 e. The van der Waals surface area contributed by atoms with E-state index in [1.165, 1.54) is 0 Å². The molecule has 0 saturated carbocycles. The van der Waals surface area contributed by atoms with Gasteiger partial charge in [0.25, 0.3) is 0 Å². The van der Waals surface area contributed by atoms with E-state index in [-0.39, 0.29) is 11.5 Å². The molecule has 0 spiro atoms. The van der Waals surface area contributed by atoms with Crippen LogP contribution >= 0.6 is 0 Å². The van der Waals surface area contributed by atoms with Crippen molar-refractivity contribution in [3.05, 3.63) is 23.5 Å². The van der Waals surface area contributed by atoms with E-state index in [9.17, 15) is 14.3 Å². The highest BCUT2D eigenvalue weighted by atomic mass is 19.1. The number of ketones is 1. The summed E-state index contributed by atoms with van der Waals surface area (Å²) in [5.41, 5.74) is -0.183. The summed E-state index contributed by atoms with van der Waals surface area (Å²) in [7, 11) is 0. The summed E-state index contributed by atoms with van der Waals surface area (Å²) >= 11 is 0. The quantitative estimate of drug-likeness (QED) is 0.565. The number of aromatic hydroxyl groups is 2. The molecule has 0 bridgehead atoms. The maximum atomic E-state index is 12.8. The fourth-order valence-corrected chi connectivity index (χ4v) is 1.08. The molecule has 3 nitrogen and oxygen atoms in total. The second-order valence-electron chi connectivity index (χ2n) is 3.34. The average molecular weight is 198 g/mol. The van der Waals surface area contributed by atoms with Crippen LogP contribution in [0, 0.1) is 11.7 Å². The van der Waals surface area contributed by atoms with Gasteiger partial charge in [-0.25, -0.2) is 4.39 Å². The van der Waals surface area contributed by atoms with E-state index < -0.39 is 23.1 Å². The van der Waals surface area contributed by atoms with Gasteiger partial charge in [-0.1, -0.05) is 13.8 Å². The topological polar surface area (TPSA) is 57.5 Å². The van der Waals surface area contributed by atoms with Crippen molar-refractivity contribution >= 4 is 5.78 Å². The van der Waals surface area contributed by atoms with Crippen molar-refractivity contribution in [2.45, 2.75) is 13.8 Å². The molecule has 1 rings (SSSR count). The lowest BCUT2D eigenvalue weighted by molar-refractivity contribution is 0.0935. The van der Waals surface area contributed by atoms with Crippen LogP contribution in [0.1, 0.15) is 24.2 Å². The van der Waals surface area contributed by atoms with Crippen molar-refractivity contribution in [1.82, 2.24) is 0 Å². The molecule has 4 heteroatoms. The van der Waals surface area contributed by atoms with Crippen molar-refractivity contribution in [3.63, 3.8) is 0 Å². The Bertz CT molecular complexity index is 372. The molecule has 0 aromatic heterocycles. The van der Waals surface area contributed by atoms with Crippen LogP contribution in [0.4, 0.5) is 4.39 Å². The van der Waals surface area contributed by atoms with Gasteiger partial charge in [0, 0.05) is 12.0 Å². The summed E-state index contributed by atoms with van der Waals surface area (Å²) in [6.07, 6.45) is 0. The first-order chi connectivity index (χ1) is 6.43. The Kier molecular flexibility index (Phi) is 2.74. The zero-order valence-corrected chi connectivity index (χ0v) is 7.91. The zero-order valence-electron chi connectivity index (χ0n) is 7.91. The van der Waals surface area contributed by atoms with Crippen LogP contribution in [0.15, 0.2) is 12.1 Å². The van der Waals surface area contributed by atoms with E-state index in [0.717, 1.165) is 12.1 Å². The monoisotopic (exact) mass is 198 g/mol. The third kappa shape index (κ3) is 1.84. The predicted octanol–water partition coefficient (Wildman–Crippen LogP) is 2.08. The first kappa shape index (κ1) is 10.5. The second kappa shape index (κ2) is 3.65. The van der Waals surface area contributed by atoms with Gasteiger partial charge in [-0.2, -0.15) is 0 Å².